The summed E-state index contributed by atoms with van der Waals surface area (Å²) < 4.78 is 7.53. The number of nitrogens with zero attached hydrogens (tertiary/aromatic N) is 2. The van der Waals surface area contributed by atoms with E-state index >= 15 is 0 Å². The van der Waals surface area contributed by atoms with Gasteiger partial charge < -0.3 is 10.5 Å². The van der Waals surface area contributed by atoms with E-state index in [2.05, 4.69) is 36.6 Å². The highest BCUT2D eigenvalue weighted by Gasteiger charge is 2.19. The molecule has 0 saturated heterocycles. The zero-order chi connectivity index (χ0) is 13.5. The van der Waals surface area contributed by atoms with Crippen molar-refractivity contribution in [2.24, 2.45) is 5.73 Å². The first kappa shape index (κ1) is 15.2. The summed E-state index contributed by atoms with van der Waals surface area (Å²) in [4.78, 5) is 0. The van der Waals surface area contributed by atoms with Crippen molar-refractivity contribution < 1.29 is 4.74 Å². The van der Waals surface area contributed by atoms with Gasteiger partial charge in [0.2, 0.25) is 0 Å². The smallest absolute Gasteiger partial charge is 0.0725 e. The van der Waals surface area contributed by atoms with Gasteiger partial charge in [-0.2, -0.15) is 5.10 Å². The maximum absolute atomic E-state index is 6.25. The summed E-state index contributed by atoms with van der Waals surface area (Å²) in [5.74, 6) is 0. The van der Waals surface area contributed by atoms with Gasteiger partial charge in [0.1, 0.15) is 0 Å². The van der Waals surface area contributed by atoms with Gasteiger partial charge in [-0.05, 0) is 25.8 Å². The van der Waals surface area contributed by atoms with Crippen molar-refractivity contribution in [2.45, 2.75) is 65.1 Å². The summed E-state index contributed by atoms with van der Waals surface area (Å²) in [5, 5.41) is 4.55. The largest absolute Gasteiger partial charge is 0.380 e. The van der Waals surface area contributed by atoms with Crippen LogP contribution >= 0.6 is 0 Å². The van der Waals surface area contributed by atoms with Crippen LogP contribution in [0.4, 0.5) is 0 Å². The molecular formula is C14H27N3O. The van der Waals surface area contributed by atoms with E-state index in [0.717, 1.165) is 37.9 Å². The standard InChI is InChI=1S/C14H27N3O/c1-5-8-14(18-4)13(15)10-12-9-11(6-2)16-17(12)7-3/h9,13-14H,5-8,10,15H2,1-4H3. The summed E-state index contributed by atoms with van der Waals surface area (Å²) in [6.45, 7) is 7.29. The highest BCUT2D eigenvalue weighted by molar-refractivity contribution is 5.12. The van der Waals surface area contributed by atoms with E-state index in [1.54, 1.807) is 7.11 Å². The van der Waals surface area contributed by atoms with Crippen LogP contribution in [0.25, 0.3) is 0 Å². The number of aromatic nitrogens is 2. The Kier molecular flexibility index (Phi) is 6.36. The summed E-state index contributed by atoms with van der Waals surface area (Å²) in [6, 6.07) is 2.21. The second-order valence-electron chi connectivity index (χ2n) is 4.73. The lowest BCUT2D eigenvalue weighted by molar-refractivity contribution is 0.0721. The molecular weight excluding hydrogens is 226 g/mol. The summed E-state index contributed by atoms with van der Waals surface area (Å²) >= 11 is 0. The summed E-state index contributed by atoms with van der Waals surface area (Å²) in [6.07, 6.45) is 4.05. The number of methoxy groups -OCH3 is 1. The second-order valence-corrected chi connectivity index (χ2v) is 4.73. The van der Waals surface area contributed by atoms with Crippen LogP contribution in [0, 0.1) is 0 Å². The summed E-state index contributed by atoms with van der Waals surface area (Å²) in [5.41, 5.74) is 8.62. The van der Waals surface area contributed by atoms with Crippen molar-refractivity contribution in [1.29, 1.82) is 0 Å². The van der Waals surface area contributed by atoms with Gasteiger partial charge in [0, 0.05) is 31.8 Å². The minimum atomic E-state index is 0.0432. The van der Waals surface area contributed by atoms with Crippen LogP contribution in [-0.2, 0) is 24.1 Å². The lowest BCUT2D eigenvalue weighted by atomic mass is 10.0. The molecule has 104 valence electrons. The molecule has 1 aromatic heterocycles. The van der Waals surface area contributed by atoms with E-state index in [0.29, 0.717) is 0 Å². The molecule has 0 fully saturated rings. The molecule has 0 saturated carbocycles. The molecule has 0 aliphatic rings. The van der Waals surface area contributed by atoms with Crippen LogP contribution in [0.15, 0.2) is 6.07 Å². The number of ether oxygens (including phenoxy) is 1. The molecule has 0 aromatic carbocycles. The number of hydrogen-bond donors (Lipinski definition) is 1. The zero-order valence-corrected chi connectivity index (χ0v) is 12.1. The molecule has 0 bridgehead atoms. The van der Waals surface area contributed by atoms with Crippen molar-refractivity contribution >= 4 is 0 Å². The SMILES string of the molecule is CCCC(OC)C(N)Cc1cc(CC)nn1CC. The lowest BCUT2D eigenvalue weighted by Gasteiger charge is -2.22. The third-order valence-corrected chi connectivity index (χ3v) is 3.37. The number of hydrogen-bond acceptors (Lipinski definition) is 3. The molecule has 2 unspecified atom stereocenters. The van der Waals surface area contributed by atoms with E-state index in [9.17, 15) is 0 Å². The van der Waals surface area contributed by atoms with Gasteiger partial charge in [0.05, 0.1) is 11.8 Å². The Labute approximate surface area is 111 Å². The molecule has 0 spiro atoms. The predicted octanol–water partition coefficient (Wildman–Crippen LogP) is 2.15. The van der Waals surface area contributed by atoms with Gasteiger partial charge in [0.25, 0.3) is 0 Å². The van der Waals surface area contributed by atoms with Crippen molar-refractivity contribution in [3.63, 3.8) is 0 Å². The molecule has 1 rings (SSSR count). The van der Waals surface area contributed by atoms with Crippen molar-refractivity contribution in [1.82, 2.24) is 9.78 Å². The van der Waals surface area contributed by atoms with Crippen molar-refractivity contribution in [2.75, 3.05) is 7.11 Å². The second kappa shape index (κ2) is 7.54. The average molecular weight is 253 g/mol. The molecule has 0 amide bonds. The van der Waals surface area contributed by atoms with Crippen LogP contribution in [-0.4, -0.2) is 29.0 Å². The maximum atomic E-state index is 6.25. The van der Waals surface area contributed by atoms with Gasteiger partial charge >= 0.3 is 0 Å². The topological polar surface area (TPSA) is 53.1 Å². The van der Waals surface area contributed by atoms with Crippen LogP contribution in [0.2, 0.25) is 0 Å². The molecule has 4 heteroatoms. The molecule has 1 heterocycles. The van der Waals surface area contributed by atoms with Gasteiger partial charge in [-0.25, -0.2) is 0 Å². The zero-order valence-electron chi connectivity index (χ0n) is 12.1. The van der Waals surface area contributed by atoms with Gasteiger partial charge in [-0.3, -0.25) is 4.68 Å². The van der Waals surface area contributed by atoms with E-state index in [-0.39, 0.29) is 12.1 Å². The van der Waals surface area contributed by atoms with E-state index in [1.165, 1.54) is 5.69 Å². The Morgan fingerprint density at radius 1 is 1.39 bits per heavy atom. The molecule has 2 N–H and O–H groups in total. The molecule has 1 aromatic rings. The number of rotatable bonds is 8. The number of aryl methyl sites for hydroxylation is 2. The molecule has 2 atom stereocenters. The lowest BCUT2D eigenvalue weighted by Crippen LogP contribution is -2.38. The monoisotopic (exact) mass is 253 g/mol. The third kappa shape index (κ3) is 3.82. The normalized spacial score (nSPS) is 14.7. The van der Waals surface area contributed by atoms with E-state index < -0.39 is 0 Å². The number of nitrogens with two attached hydrogens (primary N) is 1. The fourth-order valence-electron chi connectivity index (χ4n) is 2.29. The van der Waals surface area contributed by atoms with Crippen LogP contribution in [0.3, 0.4) is 0 Å². The van der Waals surface area contributed by atoms with Crippen molar-refractivity contribution in [3.8, 4) is 0 Å². The molecule has 0 radical (unpaired) electrons. The van der Waals surface area contributed by atoms with Crippen molar-refractivity contribution in [3.05, 3.63) is 17.5 Å². The first-order valence-electron chi connectivity index (χ1n) is 7.00. The Morgan fingerprint density at radius 3 is 2.61 bits per heavy atom. The quantitative estimate of drug-likeness (QED) is 0.772. The Morgan fingerprint density at radius 2 is 2.11 bits per heavy atom. The van der Waals surface area contributed by atoms with Crippen LogP contribution in [0.5, 0.6) is 0 Å². The molecule has 0 aliphatic heterocycles. The first-order chi connectivity index (χ1) is 8.65. The highest BCUT2D eigenvalue weighted by atomic mass is 16.5. The fourth-order valence-corrected chi connectivity index (χ4v) is 2.29. The highest BCUT2D eigenvalue weighted by Crippen LogP contribution is 2.13. The van der Waals surface area contributed by atoms with Gasteiger partial charge in [-0.15, -0.1) is 0 Å². The molecule has 4 nitrogen and oxygen atoms in total. The average Bonchev–Trinajstić information content (AvgIpc) is 2.77. The minimum absolute atomic E-state index is 0.0432. The van der Waals surface area contributed by atoms with Crippen LogP contribution in [0.1, 0.15) is 45.0 Å². The van der Waals surface area contributed by atoms with E-state index in [1.807, 2.05) is 0 Å². The molecule has 18 heavy (non-hydrogen) atoms. The predicted molar refractivity (Wildman–Crippen MR) is 74.7 cm³/mol. The van der Waals surface area contributed by atoms with Crippen LogP contribution < -0.4 is 5.73 Å². The van der Waals surface area contributed by atoms with Gasteiger partial charge in [0.15, 0.2) is 0 Å². The van der Waals surface area contributed by atoms with Gasteiger partial charge in [-0.1, -0.05) is 20.3 Å². The van der Waals surface area contributed by atoms with E-state index in [4.69, 9.17) is 10.5 Å². The minimum Gasteiger partial charge on any atom is -0.380 e. The Hall–Kier alpha value is -0.870. The molecule has 0 aliphatic carbocycles. The third-order valence-electron chi connectivity index (χ3n) is 3.37. The Bertz CT molecular complexity index is 349. The fraction of sp³-hybridized carbons (Fsp3) is 0.786. The Balaban J connectivity index is 2.73. The first-order valence-corrected chi connectivity index (χ1v) is 7.00. The summed E-state index contributed by atoms with van der Waals surface area (Å²) in [7, 11) is 1.74. The maximum Gasteiger partial charge on any atom is 0.0725 e.